The second kappa shape index (κ2) is 6.38. The van der Waals surface area contributed by atoms with Gasteiger partial charge in [0.1, 0.15) is 5.82 Å². The number of rotatable bonds is 4. The molecule has 0 radical (unpaired) electrons. The van der Waals surface area contributed by atoms with Gasteiger partial charge in [-0.3, -0.25) is 4.79 Å². The van der Waals surface area contributed by atoms with Crippen LogP contribution in [0.4, 0.5) is 5.82 Å². The Morgan fingerprint density at radius 2 is 2.26 bits per heavy atom. The molecule has 100 valence electrons. The maximum Gasteiger partial charge on any atom is 0.257 e. The zero-order chi connectivity index (χ0) is 13.8. The lowest BCUT2D eigenvalue weighted by Crippen LogP contribution is -2.16. The van der Waals surface area contributed by atoms with Crippen LogP contribution in [0.1, 0.15) is 23.7 Å². The Balaban J connectivity index is 2.18. The number of carbonyl (C=O) groups is 1. The van der Waals surface area contributed by atoms with Gasteiger partial charge in [-0.2, -0.15) is 5.10 Å². The Morgan fingerprint density at radius 1 is 1.47 bits per heavy atom. The molecule has 4 nitrogen and oxygen atoms in total. The number of aryl methyl sites for hydroxylation is 1. The van der Waals surface area contributed by atoms with Crippen LogP contribution in [-0.4, -0.2) is 15.7 Å². The summed E-state index contributed by atoms with van der Waals surface area (Å²) in [4.78, 5) is 12.2. The number of amides is 1. The highest BCUT2D eigenvalue weighted by molar-refractivity contribution is 14.1. The van der Waals surface area contributed by atoms with Crippen molar-refractivity contribution in [2.75, 3.05) is 5.32 Å². The number of nitrogens with zero attached hydrogens (tertiary/aromatic N) is 2. The predicted molar refractivity (Wildman–Crippen MR) is 84.6 cm³/mol. The largest absolute Gasteiger partial charge is 0.307 e. The van der Waals surface area contributed by atoms with E-state index in [0.29, 0.717) is 16.4 Å². The van der Waals surface area contributed by atoms with E-state index in [4.69, 9.17) is 11.6 Å². The van der Waals surface area contributed by atoms with E-state index in [1.165, 1.54) is 0 Å². The molecule has 6 heteroatoms. The molecule has 2 aromatic rings. The SMILES string of the molecule is CCCn1nccc1NC(=O)c1ccc(Cl)cc1I. The third-order valence-electron chi connectivity index (χ3n) is 2.57. The van der Waals surface area contributed by atoms with Crippen molar-refractivity contribution in [3.8, 4) is 0 Å². The molecule has 0 aliphatic heterocycles. The van der Waals surface area contributed by atoms with Crippen LogP contribution in [0.3, 0.4) is 0 Å². The van der Waals surface area contributed by atoms with Gasteiger partial charge in [-0.1, -0.05) is 18.5 Å². The predicted octanol–water partition coefficient (Wildman–Crippen LogP) is 3.80. The lowest BCUT2D eigenvalue weighted by atomic mass is 10.2. The normalized spacial score (nSPS) is 10.5. The molecule has 0 spiro atoms. The summed E-state index contributed by atoms with van der Waals surface area (Å²) in [5, 5.41) is 7.66. The van der Waals surface area contributed by atoms with Gasteiger partial charge in [0, 0.05) is 21.2 Å². The Kier molecular flexibility index (Phi) is 4.81. The third-order valence-corrected chi connectivity index (χ3v) is 3.70. The summed E-state index contributed by atoms with van der Waals surface area (Å²) in [6, 6.07) is 6.98. The first-order chi connectivity index (χ1) is 9.11. The van der Waals surface area contributed by atoms with Gasteiger partial charge in [-0.15, -0.1) is 0 Å². The van der Waals surface area contributed by atoms with Crippen molar-refractivity contribution in [1.82, 2.24) is 9.78 Å². The second-order valence-electron chi connectivity index (χ2n) is 4.02. The summed E-state index contributed by atoms with van der Waals surface area (Å²) < 4.78 is 2.60. The number of nitrogens with one attached hydrogen (secondary N) is 1. The summed E-state index contributed by atoms with van der Waals surface area (Å²) >= 11 is 7.98. The number of hydrogen-bond acceptors (Lipinski definition) is 2. The van der Waals surface area contributed by atoms with E-state index >= 15 is 0 Å². The smallest absolute Gasteiger partial charge is 0.257 e. The van der Waals surface area contributed by atoms with E-state index in [1.807, 2.05) is 0 Å². The molecule has 19 heavy (non-hydrogen) atoms. The minimum atomic E-state index is -0.154. The first-order valence-electron chi connectivity index (χ1n) is 5.90. The van der Waals surface area contributed by atoms with Crippen molar-refractivity contribution in [3.05, 3.63) is 44.6 Å². The zero-order valence-corrected chi connectivity index (χ0v) is 13.3. The first-order valence-corrected chi connectivity index (χ1v) is 7.35. The summed E-state index contributed by atoms with van der Waals surface area (Å²) in [7, 11) is 0. The van der Waals surface area contributed by atoms with E-state index in [9.17, 15) is 4.79 Å². The van der Waals surface area contributed by atoms with E-state index in [2.05, 4.69) is 39.9 Å². The summed E-state index contributed by atoms with van der Waals surface area (Å²) in [5.74, 6) is 0.552. The van der Waals surface area contributed by atoms with Gasteiger partial charge in [0.05, 0.1) is 11.8 Å². The Bertz CT molecular complexity index is 597. The van der Waals surface area contributed by atoms with Gasteiger partial charge in [-0.25, -0.2) is 4.68 Å². The molecule has 0 fully saturated rings. The van der Waals surface area contributed by atoms with Crippen molar-refractivity contribution in [2.45, 2.75) is 19.9 Å². The average Bonchev–Trinajstić information content (AvgIpc) is 2.77. The average molecular weight is 390 g/mol. The first kappa shape index (κ1) is 14.3. The number of benzene rings is 1. The summed E-state index contributed by atoms with van der Waals surface area (Å²) in [5.41, 5.74) is 0.606. The van der Waals surface area contributed by atoms with Crippen LogP contribution in [0.2, 0.25) is 5.02 Å². The maximum absolute atomic E-state index is 12.2. The number of anilines is 1. The van der Waals surface area contributed by atoms with Gasteiger partial charge in [0.15, 0.2) is 0 Å². The minimum Gasteiger partial charge on any atom is -0.307 e. The molecule has 1 aromatic heterocycles. The fourth-order valence-electron chi connectivity index (χ4n) is 1.69. The molecule has 1 heterocycles. The number of halogens is 2. The number of carbonyl (C=O) groups excluding carboxylic acids is 1. The number of hydrogen-bond donors (Lipinski definition) is 1. The minimum absolute atomic E-state index is 0.154. The molecule has 0 atom stereocenters. The van der Waals surface area contributed by atoms with Crippen LogP contribution >= 0.6 is 34.2 Å². The summed E-state index contributed by atoms with van der Waals surface area (Å²) in [6.45, 7) is 2.84. The standard InChI is InChI=1S/C13H13ClIN3O/c1-2-7-18-12(5-6-16-18)17-13(19)10-4-3-9(14)8-11(10)15/h3-6,8H,2,7H2,1H3,(H,17,19). The van der Waals surface area contributed by atoms with Gasteiger partial charge < -0.3 is 5.32 Å². The van der Waals surface area contributed by atoms with Gasteiger partial charge >= 0.3 is 0 Å². The molecule has 0 aliphatic carbocycles. The third kappa shape index (κ3) is 3.48. The monoisotopic (exact) mass is 389 g/mol. The molecule has 1 aromatic carbocycles. The highest BCUT2D eigenvalue weighted by Gasteiger charge is 2.12. The quantitative estimate of drug-likeness (QED) is 0.809. The van der Waals surface area contributed by atoms with Gasteiger partial charge in [-0.05, 0) is 47.2 Å². The van der Waals surface area contributed by atoms with Crippen LogP contribution in [0.15, 0.2) is 30.5 Å². The van der Waals surface area contributed by atoms with Crippen LogP contribution in [0, 0.1) is 3.57 Å². The highest BCUT2D eigenvalue weighted by Crippen LogP contribution is 2.19. The lowest BCUT2D eigenvalue weighted by molar-refractivity contribution is 0.102. The highest BCUT2D eigenvalue weighted by atomic mass is 127. The van der Waals surface area contributed by atoms with Crippen molar-refractivity contribution in [1.29, 1.82) is 0 Å². The molecular formula is C13H13ClIN3O. The van der Waals surface area contributed by atoms with Gasteiger partial charge in [0.2, 0.25) is 0 Å². The fraction of sp³-hybridized carbons (Fsp3) is 0.231. The van der Waals surface area contributed by atoms with Crippen LogP contribution < -0.4 is 5.32 Å². The van der Waals surface area contributed by atoms with Crippen LogP contribution in [0.5, 0.6) is 0 Å². The Hall–Kier alpha value is -1.08. The van der Waals surface area contributed by atoms with E-state index < -0.39 is 0 Å². The molecule has 1 N–H and O–H groups in total. The number of aromatic nitrogens is 2. The van der Waals surface area contributed by atoms with Crippen molar-refractivity contribution in [2.24, 2.45) is 0 Å². The molecule has 0 bridgehead atoms. The van der Waals surface area contributed by atoms with Crippen molar-refractivity contribution < 1.29 is 4.79 Å². The van der Waals surface area contributed by atoms with E-state index in [1.54, 1.807) is 35.1 Å². The molecule has 0 saturated carbocycles. The van der Waals surface area contributed by atoms with E-state index in [0.717, 1.165) is 16.5 Å². The molecular weight excluding hydrogens is 377 g/mol. The zero-order valence-electron chi connectivity index (χ0n) is 10.4. The molecule has 2 rings (SSSR count). The fourth-order valence-corrected chi connectivity index (χ4v) is 2.80. The molecule has 0 saturated heterocycles. The van der Waals surface area contributed by atoms with Crippen molar-refractivity contribution >= 4 is 45.9 Å². The topological polar surface area (TPSA) is 46.9 Å². The van der Waals surface area contributed by atoms with Crippen molar-refractivity contribution in [3.63, 3.8) is 0 Å². The Labute approximate surface area is 130 Å². The Morgan fingerprint density at radius 3 is 2.95 bits per heavy atom. The summed E-state index contributed by atoms with van der Waals surface area (Å²) in [6.07, 6.45) is 2.64. The lowest BCUT2D eigenvalue weighted by Gasteiger charge is -2.09. The van der Waals surface area contributed by atoms with E-state index in [-0.39, 0.29) is 5.91 Å². The van der Waals surface area contributed by atoms with Crippen LogP contribution in [0.25, 0.3) is 0 Å². The molecule has 0 aliphatic rings. The van der Waals surface area contributed by atoms with Crippen LogP contribution in [-0.2, 0) is 6.54 Å². The van der Waals surface area contributed by atoms with Gasteiger partial charge in [0.25, 0.3) is 5.91 Å². The molecule has 0 unspecified atom stereocenters. The molecule has 1 amide bonds. The second-order valence-corrected chi connectivity index (χ2v) is 5.62. The maximum atomic E-state index is 12.2.